The molecule has 0 bridgehead atoms. The average Bonchev–Trinajstić information content (AvgIpc) is 3.29. The zero-order valence-corrected chi connectivity index (χ0v) is 18.6. The molecule has 1 saturated heterocycles. The number of piperidine rings is 1. The molecule has 0 spiro atoms. The number of sulfonamides is 1. The molecule has 2 aromatic carbocycles. The van der Waals surface area contributed by atoms with Gasteiger partial charge in [-0.1, -0.05) is 12.1 Å². The highest BCUT2D eigenvalue weighted by molar-refractivity contribution is 7.93. The molecule has 31 heavy (non-hydrogen) atoms. The van der Waals surface area contributed by atoms with E-state index in [1.807, 2.05) is 23.6 Å². The van der Waals surface area contributed by atoms with E-state index < -0.39 is 21.7 Å². The van der Waals surface area contributed by atoms with Crippen molar-refractivity contribution in [2.45, 2.75) is 19.3 Å². The van der Waals surface area contributed by atoms with E-state index in [4.69, 9.17) is 0 Å². The van der Waals surface area contributed by atoms with Crippen molar-refractivity contribution in [2.24, 2.45) is 0 Å². The maximum atomic E-state index is 12.5. The number of aromatic nitrogens is 1. The molecule has 1 aliphatic rings. The van der Waals surface area contributed by atoms with Crippen LogP contribution in [0.25, 0.3) is 10.6 Å². The molecule has 0 radical (unpaired) electrons. The lowest BCUT2D eigenvalue weighted by Crippen LogP contribution is -2.29. The number of rotatable bonds is 7. The van der Waals surface area contributed by atoms with Crippen LogP contribution in [-0.2, 0) is 14.8 Å². The Hall–Kier alpha value is -2.91. The van der Waals surface area contributed by atoms with Crippen LogP contribution in [0.5, 0.6) is 0 Å². The quantitative estimate of drug-likeness (QED) is 0.557. The molecule has 1 aliphatic heterocycles. The van der Waals surface area contributed by atoms with Gasteiger partial charge in [0.25, 0.3) is 0 Å². The third kappa shape index (κ3) is 5.83. The van der Waals surface area contributed by atoms with Gasteiger partial charge >= 0.3 is 0 Å². The largest absolute Gasteiger partial charge is 0.372 e. The van der Waals surface area contributed by atoms with Crippen molar-refractivity contribution >= 4 is 44.3 Å². The second-order valence-electron chi connectivity index (χ2n) is 7.42. The van der Waals surface area contributed by atoms with Gasteiger partial charge in [-0.15, -0.1) is 11.3 Å². The van der Waals surface area contributed by atoms with Crippen molar-refractivity contribution in [3.63, 3.8) is 0 Å². The molecule has 2 heterocycles. The third-order valence-electron chi connectivity index (χ3n) is 5.01. The molecule has 4 rings (SSSR count). The minimum atomic E-state index is -3.83. The number of amides is 1. The number of anilines is 3. The van der Waals surface area contributed by atoms with Gasteiger partial charge in [0, 0.05) is 47.3 Å². The lowest BCUT2D eigenvalue weighted by Gasteiger charge is -2.28. The van der Waals surface area contributed by atoms with Gasteiger partial charge in [0.15, 0.2) is 0 Å². The van der Waals surface area contributed by atoms with E-state index in [0.29, 0.717) is 11.4 Å². The zero-order chi connectivity index (χ0) is 21.7. The number of nitrogens with zero attached hydrogens (tertiary/aromatic N) is 2. The first-order chi connectivity index (χ1) is 15.0. The number of carbonyl (C=O) groups excluding carboxylic acids is 1. The van der Waals surface area contributed by atoms with Crippen molar-refractivity contribution in [1.82, 2.24) is 4.98 Å². The lowest BCUT2D eigenvalue weighted by molar-refractivity contribution is -0.113. The summed E-state index contributed by atoms with van der Waals surface area (Å²) in [7, 11) is -3.83. The summed E-state index contributed by atoms with van der Waals surface area (Å²) in [5, 5.41) is 5.36. The number of nitrogens with one attached hydrogen (secondary N) is 2. The second-order valence-corrected chi connectivity index (χ2v) is 10.0. The summed E-state index contributed by atoms with van der Waals surface area (Å²) in [4.78, 5) is 18.9. The van der Waals surface area contributed by atoms with Gasteiger partial charge in [-0.3, -0.25) is 9.52 Å². The Balaban J connectivity index is 1.35. The van der Waals surface area contributed by atoms with E-state index in [-0.39, 0.29) is 0 Å². The third-order valence-corrected chi connectivity index (χ3v) is 7.02. The molecule has 1 aromatic heterocycles. The molecule has 9 heteroatoms. The average molecular weight is 457 g/mol. The van der Waals surface area contributed by atoms with Crippen LogP contribution in [0, 0.1) is 0 Å². The Morgan fingerprint density at radius 1 is 1.03 bits per heavy atom. The predicted molar refractivity (Wildman–Crippen MR) is 126 cm³/mol. The summed E-state index contributed by atoms with van der Waals surface area (Å²) in [6.07, 6.45) is 5.32. The normalized spacial score (nSPS) is 14.3. The van der Waals surface area contributed by atoms with Crippen LogP contribution in [0.4, 0.5) is 17.1 Å². The minimum Gasteiger partial charge on any atom is -0.372 e. The van der Waals surface area contributed by atoms with Crippen LogP contribution >= 0.6 is 11.3 Å². The van der Waals surface area contributed by atoms with Gasteiger partial charge < -0.3 is 10.2 Å². The molecule has 1 fully saturated rings. The summed E-state index contributed by atoms with van der Waals surface area (Å²) < 4.78 is 27.4. The molecule has 7 nitrogen and oxygen atoms in total. The SMILES string of the molecule is O=C(CS(=O)(=O)Nc1ccc(N2CCCCC2)cc1)Nc1cccc(-c2nccs2)c1. The second kappa shape index (κ2) is 9.49. The van der Waals surface area contributed by atoms with Gasteiger partial charge in [0.1, 0.15) is 10.8 Å². The van der Waals surface area contributed by atoms with Crippen LogP contribution < -0.4 is 14.9 Å². The number of benzene rings is 2. The van der Waals surface area contributed by atoms with Crippen LogP contribution in [0.15, 0.2) is 60.1 Å². The van der Waals surface area contributed by atoms with Gasteiger partial charge in [0.2, 0.25) is 15.9 Å². The number of carbonyl (C=O) groups is 1. The van der Waals surface area contributed by atoms with Crippen LogP contribution in [-0.4, -0.2) is 38.2 Å². The van der Waals surface area contributed by atoms with Crippen molar-refractivity contribution < 1.29 is 13.2 Å². The smallest absolute Gasteiger partial charge is 0.241 e. The summed E-state index contributed by atoms with van der Waals surface area (Å²) >= 11 is 1.49. The number of thiazole rings is 1. The van der Waals surface area contributed by atoms with Gasteiger partial charge in [0.05, 0.1) is 0 Å². The van der Waals surface area contributed by atoms with Crippen molar-refractivity contribution in [1.29, 1.82) is 0 Å². The summed E-state index contributed by atoms with van der Waals surface area (Å²) in [5.74, 6) is -1.27. The molecule has 162 valence electrons. The molecule has 3 aromatic rings. The topological polar surface area (TPSA) is 91.4 Å². The Kier molecular flexibility index (Phi) is 6.53. The first-order valence-electron chi connectivity index (χ1n) is 10.1. The van der Waals surface area contributed by atoms with Crippen LogP contribution in [0.3, 0.4) is 0 Å². The molecular formula is C22H24N4O3S2. The molecule has 1 amide bonds. The van der Waals surface area contributed by atoms with Gasteiger partial charge in [-0.2, -0.15) is 0 Å². The molecule has 0 atom stereocenters. The monoisotopic (exact) mass is 456 g/mol. The van der Waals surface area contributed by atoms with E-state index in [1.54, 1.807) is 36.5 Å². The van der Waals surface area contributed by atoms with E-state index in [1.165, 1.54) is 30.6 Å². The number of hydrogen-bond acceptors (Lipinski definition) is 6. The van der Waals surface area contributed by atoms with E-state index in [2.05, 4.69) is 19.9 Å². The molecule has 0 aliphatic carbocycles. The van der Waals surface area contributed by atoms with Crippen molar-refractivity contribution in [3.05, 3.63) is 60.1 Å². The van der Waals surface area contributed by atoms with Crippen molar-refractivity contribution in [2.75, 3.05) is 33.8 Å². The summed E-state index contributed by atoms with van der Waals surface area (Å²) in [6.45, 7) is 2.05. The number of hydrogen-bond donors (Lipinski definition) is 2. The lowest BCUT2D eigenvalue weighted by atomic mass is 10.1. The molecular weight excluding hydrogens is 432 g/mol. The predicted octanol–water partition coefficient (Wildman–Crippen LogP) is 4.18. The van der Waals surface area contributed by atoms with E-state index in [0.717, 1.165) is 29.3 Å². The van der Waals surface area contributed by atoms with Gasteiger partial charge in [-0.25, -0.2) is 13.4 Å². The molecule has 0 unspecified atom stereocenters. The molecule has 0 saturated carbocycles. The van der Waals surface area contributed by atoms with Crippen LogP contribution in [0.2, 0.25) is 0 Å². The van der Waals surface area contributed by atoms with Crippen LogP contribution in [0.1, 0.15) is 19.3 Å². The Morgan fingerprint density at radius 3 is 2.52 bits per heavy atom. The zero-order valence-electron chi connectivity index (χ0n) is 17.0. The highest BCUT2D eigenvalue weighted by Gasteiger charge is 2.18. The standard InChI is InChI=1S/C22H24N4O3S2/c27-21(24-19-6-4-5-17(15-19)22-23-11-14-30-22)16-31(28,29)25-18-7-9-20(10-8-18)26-12-2-1-3-13-26/h4-11,14-15,25H,1-3,12-13,16H2,(H,24,27). The fraction of sp³-hybridized carbons (Fsp3) is 0.273. The van der Waals surface area contributed by atoms with Gasteiger partial charge in [-0.05, 0) is 55.7 Å². The summed E-state index contributed by atoms with van der Waals surface area (Å²) in [6, 6.07) is 14.5. The fourth-order valence-electron chi connectivity index (χ4n) is 3.57. The highest BCUT2D eigenvalue weighted by Crippen LogP contribution is 2.25. The van der Waals surface area contributed by atoms with E-state index >= 15 is 0 Å². The molecule has 2 N–H and O–H groups in total. The fourth-order valence-corrected chi connectivity index (χ4v) is 5.19. The first-order valence-corrected chi connectivity index (χ1v) is 12.7. The summed E-state index contributed by atoms with van der Waals surface area (Å²) in [5.41, 5.74) is 2.92. The van der Waals surface area contributed by atoms with Crippen molar-refractivity contribution in [3.8, 4) is 10.6 Å². The minimum absolute atomic E-state index is 0.444. The highest BCUT2D eigenvalue weighted by atomic mass is 32.2. The Labute approximate surface area is 186 Å². The Morgan fingerprint density at radius 2 is 1.81 bits per heavy atom. The Bertz CT molecular complexity index is 1120. The van der Waals surface area contributed by atoms with E-state index in [9.17, 15) is 13.2 Å². The maximum absolute atomic E-state index is 12.5. The first kappa shape index (κ1) is 21.3. The maximum Gasteiger partial charge on any atom is 0.241 e.